The molecular formula is C22H24O7. The van der Waals surface area contributed by atoms with Gasteiger partial charge in [-0.1, -0.05) is 32.1 Å². The Bertz CT molecular complexity index is 879. The predicted molar refractivity (Wildman–Crippen MR) is 106 cm³/mol. The van der Waals surface area contributed by atoms with Gasteiger partial charge in [-0.3, -0.25) is 14.4 Å². The second-order valence-corrected chi connectivity index (χ2v) is 6.81. The monoisotopic (exact) mass is 400 g/mol. The first-order valence-corrected chi connectivity index (χ1v) is 9.41. The summed E-state index contributed by atoms with van der Waals surface area (Å²) in [5.74, 6) is -4.00. The molecule has 7 heteroatoms. The van der Waals surface area contributed by atoms with Crippen molar-refractivity contribution in [2.24, 2.45) is 5.92 Å². The lowest BCUT2D eigenvalue weighted by atomic mass is 10.0. The Morgan fingerprint density at radius 2 is 1.86 bits per heavy atom. The maximum Gasteiger partial charge on any atom is 0.342 e. The van der Waals surface area contributed by atoms with Gasteiger partial charge < -0.3 is 14.6 Å². The number of Topliss-reactive ketones (excluding diaryl/α,β-unsaturated/α-hetero) is 2. The first kappa shape index (κ1) is 22.1. The number of ketones is 3. The Hall–Kier alpha value is -3.22. The zero-order chi connectivity index (χ0) is 21.6. The molecule has 0 spiro atoms. The fraction of sp³-hybridized carbons (Fsp3) is 0.364. The Balaban J connectivity index is 2.50. The van der Waals surface area contributed by atoms with E-state index in [0.29, 0.717) is 12.4 Å². The van der Waals surface area contributed by atoms with Crippen LogP contribution in [0.4, 0.5) is 0 Å². The van der Waals surface area contributed by atoms with Crippen molar-refractivity contribution in [3.63, 3.8) is 0 Å². The van der Waals surface area contributed by atoms with Gasteiger partial charge in [0.2, 0.25) is 11.6 Å². The molecule has 0 fully saturated rings. The van der Waals surface area contributed by atoms with Gasteiger partial charge in [-0.25, -0.2) is 4.79 Å². The van der Waals surface area contributed by atoms with Gasteiger partial charge in [0.1, 0.15) is 23.2 Å². The summed E-state index contributed by atoms with van der Waals surface area (Å²) >= 11 is 0. The number of benzene rings is 1. The van der Waals surface area contributed by atoms with Crippen LogP contribution in [0.2, 0.25) is 0 Å². The van der Waals surface area contributed by atoms with Crippen LogP contribution in [0.3, 0.4) is 0 Å². The quantitative estimate of drug-likeness (QED) is 0.614. The number of phenolic OH excluding ortho intramolecular Hbond substituents is 1. The molecule has 2 rings (SSSR count). The molecule has 1 aromatic carbocycles. The third kappa shape index (κ3) is 5.63. The molecule has 0 saturated heterocycles. The Kier molecular flexibility index (Phi) is 7.47. The lowest BCUT2D eigenvalue weighted by molar-refractivity contribution is -0.142. The van der Waals surface area contributed by atoms with Crippen LogP contribution in [0.25, 0.3) is 6.08 Å². The molecule has 1 aliphatic rings. The molecule has 0 unspecified atom stereocenters. The van der Waals surface area contributed by atoms with Crippen molar-refractivity contribution in [3.8, 4) is 11.5 Å². The van der Waals surface area contributed by atoms with Crippen LogP contribution in [-0.2, 0) is 19.1 Å². The van der Waals surface area contributed by atoms with Crippen molar-refractivity contribution in [2.75, 3.05) is 6.61 Å². The smallest absolute Gasteiger partial charge is 0.342 e. The predicted octanol–water partition coefficient (Wildman–Crippen LogP) is 3.04. The van der Waals surface area contributed by atoms with E-state index >= 15 is 0 Å². The SMILES string of the molecule is CCCOc1cc(O)c2c(c1)/C=C/CC(=O)C(=O)C(=O)/C=C\[C@@H](C)[C@H](C)OC2=O. The van der Waals surface area contributed by atoms with Crippen molar-refractivity contribution in [1.82, 2.24) is 0 Å². The summed E-state index contributed by atoms with van der Waals surface area (Å²) in [6.45, 7) is 5.67. The number of carbonyl (C=O) groups excluding carboxylic acids is 4. The standard InChI is InChI=1S/C22H24O7/c1-4-10-28-16-11-15-6-5-7-17(23)21(26)18(24)9-8-13(2)14(3)29-22(27)20(15)19(25)12-16/h5-6,8-9,11-14,25H,4,7,10H2,1-3H3/b6-5+,9-8-/t13-,14+/m1/s1. The fourth-order valence-electron chi connectivity index (χ4n) is 2.61. The molecule has 0 saturated carbocycles. The first-order valence-electron chi connectivity index (χ1n) is 9.41. The van der Waals surface area contributed by atoms with E-state index in [-0.39, 0.29) is 23.3 Å². The van der Waals surface area contributed by atoms with Gasteiger partial charge in [0.05, 0.1) is 6.61 Å². The minimum absolute atomic E-state index is 0.0694. The van der Waals surface area contributed by atoms with Crippen LogP contribution in [-0.4, -0.2) is 41.1 Å². The van der Waals surface area contributed by atoms with Crippen LogP contribution >= 0.6 is 0 Å². The molecule has 2 atom stereocenters. The molecule has 7 nitrogen and oxygen atoms in total. The highest BCUT2D eigenvalue weighted by molar-refractivity contribution is 6.66. The Labute approximate surface area is 169 Å². The Morgan fingerprint density at radius 3 is 2.55 bits per heavy atom. The molecule has 1 aliphatic heterocycles. The van der Waals surface area contributed by atoms with Gasteiger partial charge in [0.25, 0.3) is 5.78 Å². The van der Waals surface area contributed by atoms with Crippen molar-refractivity contribution >= 4 is 29.4 Å². The number of carbonyl (C=O) groups is 4. The van der Waals surface area contributed by atoms with E-state index in [2.05, 4.69) is 0 Å². The van der Waals surface area contributed by atoms with Gasteiger partial charge in [0, 0.05) is 18.4 Å². The largest absolute Gasteiger partial charge is 0.507 e. The van der Waals surface area contributed by atoms with Crippen LogP contribution < -0.4 is 4.74 Å². The summed E-state index contributed by atoms with van der Waals surface area (Å²) in [4.78, 5) is 48.4. The highest BCUT2D eigenvalue weighted by Crippen LogP contribution is 2.31. The van der Waals surface area contributed by atoms with Gasteiger partial charge in [0.15, 0.2) is 0 Å². The third-order valence-corrected chi connectivity index (χ3v) is 4.46. The van der Waals surface area contributed by atoms with Gasteiger partial charge in [-0.15, -0.1) is 0 Å². The summed E-state index contributed by atoms with van der Waals surface area (Å²) < 4.78 is 10.9. The number of ether oxygens (including phenoxy) is 2. The second-order valence-electron chi connectivity index (χ2n) is 6.81. The number of phenols is 1. The maximum absolute atomic E-state index is 12.7. The summed E-state index contributed by atoms with van der Waals surface area (Å²) in [5, 5.41) is 10.4. The molecular weight excluding hydrogens is 376 g/mol. The zero-order valence-corrected chi connectivity index (χ0v) is 16.6. The zero-order valence-electron chi connectivity index (χ0n) is 16.6. The number of hydrogen-bond donors (Lipinski definition) is 1. The summed E-state index contributed by atoms with van der Waals surface area (Å²) in [6.07, 6.45) is 4.99. The van der Waals surface area contributed by atoms with E-state index in [1.54, 1.807) is 19.9 Å². The lowest BCUT2D eigenvalue weighted by Gasteiger charge is -2.19. The summed E-state index contributed by atoms with van der Waals surface area (Å²) in [5.41, 5.74) is 0.208. The van der Waals surface area contributed by atoms with E-state index in [9.17, 15) is 24.3 Å². The average Bonchev–Trinajstić information content (AvgIpc) is 2.68. The fourth-order valence-corrected chi connectivity index (χ4v) is 2.61. The van der Waals surface area contributed by atoms with Crippen molar-refractivity contribution in [3.05, 3.63) is 41.5 Å². The number of fused-ring (bicyclic) bond motifs is 1. The van der Waals surface area contributed by atoms with E-state index < -0.39 is 35.3 Å². The van der Waals surface area contributed by atoms with Crippen molar-refractivity contribution in [1.29, 1.82) is 0 Å². The van der Waals surface area contributed by atoms with E-state index in [1.165, 1.54) is 24.3 Å². The molecule has 29 heavy (non-hydrogen) atoms. The van der Waals surface area contributed by atoms with Crippen LogP contribution in [0.15, 0.2) is 30.4 Å². The molecule has 0 aliphatic carbocycles. The number of allylic oxidation sites excluding steroid dienone is 2. The third-order valence-electron chi connectivity index (χ3n) is 4.46. The van der Waals surface area contributed by atoms with Crippen molar-refractivity contribution < 1.29 is 33.8 Å². The lowest BCUT2D eigenvalue weighted by Crippen LogP contribution is -2.24. The average molecular weight is 400 g/mol. The highest BCUT2D eigenvalue weighted by Gasteiger charge is 2.24. The number of cyclic esters (lactones) is 1. The Morgan fingerprint density at radius 1 is 1.14 bits per heavy atom. The first-order chi connectivity index (χ1) is 13.7. The van der Waals surface area contributed by atoms with E-state index in [1.807, 2.05) is 6.92 Å². The minimum atomic E-state index is -1.11. The number of rotatable bonds is 3. The van der Waals surface area contributed by atoms with Crippen LogP contribution in [0.5, 0.6) is 11.5 Å². The maximum atomic E-state index is 12.7. The number of esters is 1. The van der Waals surface area contributed by atoms with E-state index in [0.717, 1.165) is 12.5 Å². The number of hydrogen-bond acceptors (Lipinski definition) is 7. The molecule has 0 amide bonds. The van der Waals surface area contributed by atoms with Crippen LogP contribution in [0, 0.1) is 5.92 Å². The van der Waals surface area contributed by atoms with Gasteiger partial charge in [-0.2, -0.15) is 0 Å². The van der Waals surface area contributed by atoms with E-state index in [4.69, 9.17) is 9.47 Å². The number of aromatic hydroxyl groups is 1. The molecule has 0 radical (unpaired) electrons. The van der Waals surface area contributed by atoms with Gasteiger partial charge in [-0.05, 0) is 31.1 Å². The molecule has 1 aromatic rings. The summed E-state index contributed by atoms with van der Waals surface area (Å²) in [7, 11) is 0. The molecule has 154 valence electrons. The second kappa shape index (κ2) is 9.82. The molecule has 1 heterocycles. The molecule has 0 aromatic heterocycles. The van der Waals surface area contributed by atoms with Gasteiger partial charge >= 0.3 is 5.97 Å². The molecule has 1 N–H and O–H groups in total. The minimum Gasteiger partial charge on any atom is -0.507 e. The van der Waals surface area contributed by atoms with Crippen molar-refractivity contribution in [2.45, 2.75) is 39.7 Å². The highest BCUT2D eigenvalue weighted by atomic mass is 16.5. The normalized spacial score (nSPS) is 23.0. The topological polar surface area (TPSA) is 107 Å². The summed E-state index contributed by atoms with van der Waals surface area (Å²) in [6, 6.07) is 2.87. The molecule has 0 bridgehead atoms. The van der Waals surface area contributed by atoms with Crippen LogP contribution in [0.1, 0.15) is 49.5 Å².